The first kappa shape index (κ1) is 12.4. The summed E-state index contributed by atoms with van der Waals surface area (Å²) in [5.74, 6) is 0.563. The first-order valence-corrected chi connectivity index (χ1v) is 5.82. The maximum Gasteiger partial charge on any atom is 0.141 e. The molecule has 3 heteroatoms. The molecule has 0 unspecified atom stereocenters. The smallest absolute Gasteiger partial charge is 0.141 e. The van der Waals surface area contributed by atoms with Gasteiger partial charge >= 0.3 is 0 Å². The van der Waals surface area contributed by atoms with Crippen LogP contribution in [0.3, 0.4) is 0 Å². The summed E-state index contributed by atoms with van der Waals surface area (Å²) in [4.78, 5) is 0. The minimum absolute atomic E-state index is 0.198. The summed E-state index contributed by atoms with van der Waals surface area (Å²) in [6.45, 7) is 2.44. The summed E-state index contributed by atoms with van der Waals surface area (Å²) < 4.78 is 18.7. The van der Waals surface area contributed by atoms with Crippen LogP contribution in [0.1, 0.15) is 11.1 Å². The topological polar surface area (TPSA) is 21.3 Å². The summed E-state index contributed by atoms with van der Waals surface area (Å²) in [5.41, 5.74) is 2.65. The summed E-state index contributed by atoms with van der Waals surface area (Å²) in [6.07, 6.45) is 0. The van der Waals surface area contributed by atoms with E-state index in [1.807, 2.05) is 31.2 Å². The monoisotopic (exact) mass is 245 g/mol. The van der Waals surface area contributed by atoms with Crippen molar-refractivity contribution in [2.45, 2.75) is 13.5 Å². The van der Waals surface area contributed by atoms with E-state index < -0.39 is 0 Å². The van der Waals surface area contributed by atoms with Crippen molar-refractivity contribution in [3.8, 4) is 5.75 Å². The van der Waals surface area contributed by atoms with E-state index in [1.54, 1.807) is 19.2 Å². The van der Waals surface area contributed by atoms with Gasteiger partial charge in [-0.25, -0.2) is 4.39 Å². The zero-order chi connectivity index (χ0) is 13.0. The predicted molar refractivity (Wildman–Crippen MR) is 71.5 cm³/mol. The molecule has 1 N–H and O–H groups in total. The lowest BCUT2D eigenvalue weighted by atomic mass is 10.2. The highest BCUT2D eigenvalue weighted by atomic mass is 19.1. The molecule has 2 rings (SSSR count). The van der Waals surface area contributed by atoms with Crippen LogP contribution < -0.4 is 10.1 Å². The third-order valence-electron chi connectivity index (χ3n) is 2.78. The Morgan fingerprint density at radius 1 is 1.17 bits per heavy atom. The van der Waals surface area contributed by atoms with Gasteiger partial charge in [-0.3, -0.25) is 0 Å². The minimum atomic E-state index is -0.198. The van der Waals surface area contributed by atoms with Gasteiger partial charge in [0, 0.05) is 12.1 Å². The zero-order valence-electron chi connectivity index (χ0n) is 10.5. The van der Waals surface area contributed by atoms with Gasteiger partial charge in [0.05, 0.1) is 12.8 Å². The third kappa shape index (κ3) is 2.80. The highest BCUT2D eigenvalue weighted by Gasteiger charge is 2.04. The Bertz CT molecular complexity index is 540. The molecule has 94 valence electrons. The van der Waals surface area contributed by atoms with Gasteiger partial charge in [-0.1, -0.05) is 24.3 Å². The zero-order valence-corrected chi connectivity index (χ0v) is 10.5. The predicted octanol–water partition coefficient (Wildman–Crippen LogP) is 3.75. The number of benzene rings is 2. The Hall–Kier alpha value is -2.03. The second-order valence-corrected chi connectivity index (χ2v) is 4.15. The molecule has 0 spiro atoms. The quantitative estimate of drug-likeness (QED) is 0.885. The number of halogens is 1. The third-order valence-corrected chi connectivity index (χ3v) is 2.78. The minimum Gasteiger partial charge on any atom is -0.495 e. The van der Waals surface area contributed by atoms with E-state index in [9.17, 15) is 4.39 Å². The van der Waals surface area contributed by atoms with Gasteiger partial charge in [0.15, 0.2) is 0 Å². The lowest BCUT2D eigenvalue weighted by Gasteiger charge is -2.12. The van der Waals surface area contributed by atoms with Gasteiger partial charge in [-0.15, -0.1) is 0 Å². The first-order chi connectivity index (χ1) is 8.70. The van der Waals surface area contributed by atoms with Crippen molar-refractivity contribution < 1.29 is 9.13 Å². The average molecular weight is 245 g/mol. The van der Waals surface area contributed by atoms with Crippen LogP contribution in [-0.4, -0.2) is 7.11 Å². The lowest BCUT2D eigenvalue weighted by Crippen LogP contribution is -2.03. The molecule has 2 aromatic rings. The fourth-order valence-electron chi connectivity index (χ4n) is 1.79. The number of methoxy groups -OCH3 is 1. The van der Waals surface area contributed by atoms with E-state index in [1.165, 1.54) is 6.07 Å². The number of nitrogens with one attached hydrogen (secondary N) is 1. The molecule has 2 nitrogen and oxygen atoms in total. The Morgan fingerprint density at radius 2 is 1.94 bits per heavy atom. The van der Waals surface area contributed by atoms with Crippen molar-refractivity contribution in [3.63, 3.8) is 0 Å². The van der Waals surface area contributed by atoms with Gasteiger partial charge in [0.2, 0.25) is 0 Å². The van der Waals surface area contributed by atoms with E-state index in [0.29, 0.717) is 12.1 Å². The highest BCUT2D eigenvalue weighted by molar-refractivity contribution is 5.58. The van der Waals surface area contributed by atoms with Gasteiger partial charge in [0.25, 0.3) is 0 Å². The van der Waals surface area contributed by atoms with Gasteiger partial charge in [0.1, 0.15) is 11.6 Å². The second-order valence-electron chi connectivity index (χ2n) is 4.15. The molecule has 0 fully saturated rings. The number of hydrogen-bond donors (Lipinski definition) is 1. The lowest BCUT2D eigenvalue weighted by molar-refractivity contribution is 0.416. The molecule has 0 bridgehead atoms. The van der Waals surface area contributed by atoms with Crippen LogP contribution in [0.15, 0.2) is 42.5 Å². The SMILES string of the molecule is COc1ccc(C)cc1NCc1ccccc1F. The Labute approximate surface area is 106 Å². The molecule has 18 heavy (non-hydrogen) atoms. The number of ether oxygens (including phenoxy) is 1. The van der Waals surface area contributed by atoms with Gasteiger partial charge in [-0.2, -0.15) is 0 Å². The molecule has 0 saturated heterocycles. The first-order valence-electron chi connectivity index (χ1n) is 5.82. The van der Waals surface area contributed by atoms with Crippen molar-refractivity contribution in [2.75, 3.05) is 12.4 Å². The van der Waals surface area contributed by atoms with Gasteiger partial charge in [-0.05, 0) is 30.7 Å². The maximum atomic E-state index is 13.5. The van der Waals surface area contributed by atoms with Crippen molar-refractivity contribution in [1.82, 2.24) is 0 Å². The van der Waals surface area contributed by atoms with Crippen molar-refractivity contribution in [1.29, 1.82) is 0 Å². The molecule has 0 heterocycles. The number of anilines is 1. The van der Waals surface area contributed by atoms with Crippen molar-refractivity contribution >= 4 is 5.69 Å². The van der Waals surface area contributed by atoms with Crippen LogP contribution >= 0.6 is 0 Å². The van der Waals surface area contributed by atoms with E-state index in [2.05, 4.69) is 5.32 Å². The van der Waals surface area contributed by atoms with Crippen LogP contribution in [0.2, 0.25) is 0 Å². The fourth-order valence-corrected chi connectivity index (χ4v) is 1.79. The second kappa shape index (κ2) is 5.54. The van der Waals surface area contributed by atoms with E-state index >= 15 is 0 Å². The number of rotatable bonds is 4. The normalized spacial score (nSPS) is 10.2. The van der Waals surface area contributed by atoms with Crippen molar-refractivity contribution in [2.24, 2.45) is 0 Å². The van der Waals surface area contributed by atoms with Crippen LogP contribution in [-0.2, 0) is 6.54 Å². The fraction of sp³-hybridized carbons (Fsp3) is 0.200. The number of hydrogen-bond acceptors (Lipinski definition) is 2. The average Bonchev–Trinajstić information content (AvgIpc) is 2.38. The standard InChI is InChI=1S/C15H16FNO/c1-11-7-8-15(18-2)14(9-11)17-10-12-5-3-4-6-13(12)16/h3-9,17H,10H2,1-2H3. The molecular weight excluding hydrogens is 229 g/mol. The molecule has 0 aromatic heterocycles. The summed E-state index contributed by atoms with van der Waals surface area (Å²) in [7, 11) is 1.62. The maximum absolute atomic E-state index is 13.5. The molecule has 0 saturated carbocycles. The number of aryl methyl sites for hydroxylation is 1. The van der Waals surface area contributed by atoms with Crippen LogP contribution in [0.4, 0.5) is 10.1 Å². The van der Waals surface area contributed by atoms with E-state index in [0.717, 1.165) is 17.0 Å². The molecular formula is C15H16FNO. The van der Waals surface area contributed by atoms with Gasteiger partial charge < -0.3 is 10.1 Å². The molecule has 0 radical (unpaired) electrons. The molecule has 0 aliphatic heterocycles. The highest BCUT2D eigenvalue weighted by Crippen LogP contribution is 2.25. The summed E-state index contributed by atoms with van der Waals surface area (Å²) in [6, 6.07) is 12.6. The Kier molecular flexibility index (Phi) is 3.82. The van der Waals surface area contributed by atoms with E-state index in [4.69, 9.17) is 4.74 Å². The molecule has 2 aromatic carbocycles. The Balaban J connectivity index is 2.15. The van der Waals surface area contributed by atoms with Crippen LogP contribution in [0.25, 0.3) is 0 Å². The molecule has 0 amide bonds. The Morgan fingerprint density at radius 3 is 2.67 bits per heavy atom. The molecule has 0 aliphatic carbocycles. The largest absolute Gasteiger partial charge is 0.495 e. The molecule has 0 aliphatic rings. The summed E-state index contributed by atoms with van der Waals surface area (Å²) >= 11 is 0. The summed E-state index contributed by atoms with van der Waals surface area (Å²) in [5, 5.41) is 3.20. The van der Waals surface area contributed by atoms with Crippen molar-refractivity contribution in [3.05, 3.63) is 59.4 Å². The van der Waals surface area contributed by atoms with E-state index in [-0.39, 0.29) is 5.82 Å². The van der Waals surface area contributed by atoms with Crippen LogP contribution in [0, 0.1) is 12.7 Å². The van der Waals surface area contributed by atoms with Crippen LogP contribution in [0.5, 0.6) is 5.75 Å². The molecule has 0 atom stereocenters.